The van der Waals surface area contributed by atoms with Crippen molar-refractivity contribution in [2.75, 3.05) is 11.9 Å². The SMILES string of the molecule is CCC(c1nc2ccccc2c(=O)n1-c1ccccc1)N(CC(C)C)C(=O)Nc1ccc(C(F)(F)F)cc1. The van der Waals surface area contributed by atoms with Crippen molar-refractivity contribution < 1.29 is 18.0 Å². The van der Waals surface area contributed by atoms with Gasteiger partial charge in [-0.25, -0.2) is 9.78 Å². The van der Waals surface area contributed by atoms with E-state index in [-0.39, 0.29) is 17.2 Å². The molecule has 38 heavy (non-hydrogen) atoms. The number of hydrogen-bond acceptors (Lipinski definition) is 3. The first-order chi connectivity index (χ1) is 18.1. The number of aromatic nitrogens is 2. The molecule has 1 aromatic heterocycles. The van der Waals surface area contributed by atoms with Gasteiger partial charge in [-0.1, -0.05) is 51.1 Å². The van der Waals surface area contributed by atoms with Crippen molar-refractivity contribution in [1.29, 1.82) is 0 Å². The molecule has 198 valence electrons. The summed E-state index contributed by atoms with van der Waals surface area (Å²) in [5.41, 5.74) is 0.331. The molecule has 9 heteroatoms. The van der Waals surface area contributed by atoms with Crippen molar-refractivity contribution in [2.24, 2.45) is 5.92 Å². The van der Waals surface area contributed by atoms with Gasteiger partial charge in [0.25, 0.3) is 5.56 Å². The molecule has 0 saturated heterocycles. The minimum atomic E-state index is -4.47. The number of hydrogen-bond donors (Lipinski definition) is 1. The zero-order chi connectivity index (χ0) is 27.4. The van der Waals surface area contributed by atoms with Crippen LogP contribution in [-0.4, -0.2) is 27.0 Å². The molecule has 0 bridgehead atoms. The fourth-order valence-corrected chi connectivity index (χ4v) is 4.43. The van der Waals surface area contributed by atoms with Crippen LogP contribution in [0, 0.1) is 5.92 Å². The molecule has 6 nitrogen and oxygen atoms in total. The molecule has 1 atom stereocenters. The molecule has 0 aliphatic heterocycles. The van der Waals surface area contributed by atoms with Gasteiger partial charge in [-0.3, -0.25) is 9.36 Å². The van der Waals surface area contributed by atoms with Crippen LogP contribution in [0.25, 0.3) is 16.6 Å². The van der Waals surface area contributed by atoms with E-state index < -0.39 is 23.8 Å². The third-order valence-corrected chi connectivity index (χ3v) is 6.16. The highest BCUT2D eigenvalue weighted by atomic mass is 19.4. The molecule has 0 aliphatic rings. The topological polar surface area (TPSA) is 67.2 Å². The van der Waals surface area contributed by atoms with E-state index in [1.54, 1.807) is 29.2 Å². The van der Waals surface area contributed by atoms with Gasteiger partial charge in [-0.05, 0) is 60.9 Å². The maximum absolute atomic E-state index is 13.7. The number of rotatable bonds is 7. The maximum Gasteiger partial charge on any atom is 0.416 e. The van der Waals surface area contributed by atoms with Gasteiger partial charge in [-0.2, -0.15) is 13.2 Å². The first-order valence-electron chi connectivity index (χ1n) is 12.4. The average Bonchev–Trinajstić information content (AvgIpc) is 2.89. The number of carbonyl (C=O) groups is 1. The van der Waals surface area contributed by atoms with E-state index in [0.717, 1.165) is 12.1 Å². The summed E-state index contributed by atoms with van der Waals surface area (Å²) < 4.78 is 40.5. The van der Waals surface area contributed by atoms with Crippen molar-refractivity contribution in [3.63, 3.8) is 0 Å². The molecule has 3 aromatic carbocycles. The van der Waals surface area contributed by atoms with Gasteiger partial charge >= 0.3 is 12.2 Å². The first-order valence-corrected chi connectivity index (χ1v) is 12.4. The Hall–Kier alpha value is -4.14. The van der Waals surface area contributed by atoms with E-state index in [2.05, 4.69) is 5.32 Å². The Morgan fingerprint density at radius 2 is 1.61 bits per heavy atom. The molecule has 0 saturated carbocycles. The van der Waals surface area contributed by atoms with Crippen LogP contribution in [0.4, 0.5) is 23.7 Å². The Morgan fingerprint density at radius 1 is 0.974 bits per heavy atom. The predicted octanol–water partition coefficient (Wildman–Crippen LogP) is 7.05. The molecule has 1 unspecified atom stereocenters. The molecule has 4 rings (SSSR count). The maximum atomic E-state index is 13.7. The van der Waals surface area contributed by atoms with Crippen LogP contribution in [0.3, 0.4) is 0 Å². The number of para-hydroxylation sites is 2. The number of anilines is 1. The first kappa shape index (κ1) is 26.9. The minimum Gasteiger partial charge on any atom is -0.314 e. The fourth-order valence-electron chi connectivity index (χ4n) is 4.43. The van der Waals surface area contributed by atoms with Crippen LogP contribution in [0.5, 0.6) is 0 Å². The van der Waals surface area contributed by atoms with Crippen molar-refractivity contribution in [3.8, 4) is 5.69 Å². The molecule has 0 spiro atoms. The van der Waals surface area contributed by atoms with Crippen molar-refractivity contribution >= 4 is 22.6 Å². The highest BCUT2D eigenvalue weighted by Crippen LogP contribution is 2.31. The molecule has 1 heterocycles. The number of halogens is 3. The number of alkyl halides is 3. The van der Waals surface area contributed by atoms with Gasteiger partial charge in [0, 0.05) is 12.2 Å². The summed E-state index contributed by atoms with van der Waals surface area (Å²) in [6, 6.07) is 19.4. The Labute approximate surface area is 218 Å². The second kappa shape index (κ2) is 11.1. The molecule has 4 aromatic rings. The van der Waals surface area contributed by atoms with E-state index in [0.29, 0.717) is 35.4 Å². The van der Waals surface area contributed by atoms with Crippen LogP contribution in [-0.2, 0) is 6.18 Å². The van der Waals surface area contributed by atoms with Gasteiger partial charge in [0.05, 0.1) is 28.2 Å². The minimum absolute atomic E-state index is 0.0692. The Balaban J connectivity index is 1.80. The molecular weight excluding hydrogens is 493 g/mol. The number of benzene rings is 3. The average molecular weight is 523 g/mol. The van der Waals surface area contributed by atoms with Crippen LogP contribution in [0.2, 0.25) is 0 Å². The number of fused-ring (bicyclic) bond motifs is 1. The summed E-state index contributed by atoms with van der Waals surface area (Å²) in [5.74, 6) is 0.477. The van der Waals surface area contributed by atoms with Gasteiger partial charge in [0.15, 0.2) is 0 Å². The zero-order valence-electron chi connectivity index (χ0n) is 21.4. The summed E-state index contributed by atoms with van der Waals surface area (Å²) in [6.07, 6.45) is -4.02. The number of carbonyl (C=O) groups excluding carboxylic acids is 1. The molecular formula is C29H29F3N4O2. The molecule has 0 aliphatic carbocycles. The fraction of sp³-hybridized carbons (Fsp3) is 0.276. The quantitative estimate of drug-likeness (QED) is 0.283. The lowest BCUT2D eigenvalue weighted by Crippen LogP contribution is -2.42. The van der Waals surface area contributed by atoms with Crippen molar-refractivity contribution in [3.05, 3.63) is 101 Å². The van der Waals surface area contributed by atoms with E-state index >= 15 is 0 Å². The summed E-state index contributed by atoms with van der Waals surface area (Å²) in [6.45, 7) is 6.16. The number of amides is 2. The number of urea groups is 1. The molecule has 2 amide bonds. The standard InChI is InChI=1S/C29H29F3N4O2/c1-4-25(35(18-19(2)3)28(38)33-21-16-14-20(15-17-21)29(30,31)32)26-34-24-13-9-8-12-23(24)27(37)36(26)22-10-6-5-7-11-22/h5-17,19,25H,4,18H2,1-3H3,(H,33,38). The van der Waals surface area contributed by atoms with Gasteiger partial charge < -0.3 is 10.2 Å². The zero-order valence-corrected chi connectivity index (χ0v) is 21.4. The highest BCUT2D eigenvalue weighted by Gasteiger charge is 2.31. The Morgan fingerprint density at radius 3 is 2.21 bits per heavy atom. The summed E-state index contributed by atoms with van der Waals surface area (Å²) in [7, 11) is 0. The Bertz CT molecular complexity index is 1470. The molecule has 0 fully saturated rings. The third-order valence-electron chi connectivity index (χ3n) is 6.16. The van der Waals surface area contributed by atoms with Gasteiger partial charge in [0.1, 0.15) is 5.82 Å². The van der Waals surface area contributed by atoms with Crippen LogP contribution in [0.1, 0.15) is 44.6 Å². The van der Waals surface area contributed by atoms with E-state index in [4.69, 9.17) is 4.98 Å². The lowest BCUT2D eigenvalue weighted by Gasteiger charge is -2.33. The second-order valence-electron chi connectivity index (χ2n) is 9.44. The summed E-state index contributed by atoms with van der Waals surface area (Å²) in [4.78, 5) is 33.7. The molecule has 1 N–H and O–H groups in total. The summed E-state index contributed by atoms with van der Waals surface area (Å²) in [5, 5.41) is 3.18. The monoisotopic (exact) mass is 522 g/mol. The second-order valence-corrected chi connectivity index (χ2v) is 9.44. The van der Waals surface area contributed by atoms with E-state index in [9.17, 15) is 22.8 Å². The lowest BCUT2D eigenvalue weighted by atomic mass is 10.1. The van der Waals surface area contributed by atoms with Crippen molar-refractivity contribution in [2.45, 2.75) is 39.4 Å². The predicted molar refractivity (Wildman–Crippen MR) is 142 cm³/mol. The number of nitrogens with one attached hydrogen (secondary N) is 1. The third kappa shape index (κ3) is 5.72. The van der Waals surface area contributed by atoms with Crippen LogP contribution >= 0.6 is 0 Å². The van der Waals surface area contributed by atoms with E-state index in [1.165, 1.54) is 16.7 Å². The van der Waals surface area contributed by atoms with Gasteiger partial charge in [0.2, 0.25) is 0 Å². The van der Waals surface area contributed by atoms with Crippen LogP contribution < -0.4 is 10.9 Å². The van der Waals surface area contributed by atoms with E-state index in [1.807, 2.05) is 51.1 Å². The highest BCUT2D eigenvalue weighted by molar-refractivity contribution is 5.89. The van der Waals surface area contributed by atoms with Gasteiger partial charge in [-0.15, -0.1) is 0 Å². The lowest BCUT2D eigenvalue weighted by molar-refractivity contribution is -0.137. The normalized spacial score (nSPS) is 12.5. The smallest absolute Gasteiger partial charge is 0.314 e. The molecule has 0 radical (unpaired) electrons. The number of nitrogens with zero attached hydrogens (tertiary/aromatic N) is 3. The van der Waals surface area contributed by atoms with Crippen molar-refractivity contribution in [1.82, 2.24) is 14.5 Å². The Kier molecular flexibility index (Phi) is 7.85. The van der Waals surface area contributed by atoms with Crippen LogP contribution in [0.15, 0.2) is 83.7 Å². The largest absolute Gasteiger partial charge is 0.416 e. The summed E-state index contributed by atoms with van der Waals surface area (Å²) >= 11 is 0.